The van der Waals surface area contributed by atoms with E-state index in [1.54, 1.807) is 0 Å². The maximum absolute atomic E-state index is 12.7. The van der Waals surface area contributed by atoms with E-state index in [-0.39, 0.29) is 5.91 Å². The number of aryl methyl sites for hydroxylation is 2. The summed E-state index contributed by atoms with van der Waals surface area (Å²) in [5.74, 6) is 0.181. The van der Waals surface area contributed by atoms with Crippen molar-refractivity contribution < 1.29 is 4.79 Å². The molecule has 0 N–H and O–H groups in total. The van der Waals surface area contributed by atoms with E-state index in [4.69, 9.17) is 0 Å². The van der Waals surface area contributed by atoms with Gasteiger partial charge in [-0.3, -0.25) is 4.79 Å². The lowest BCUT2D eigenvalue weighted by Crippen LogP contribution is -2.33. The number of unbranched alkanes of at least 4 members (excludes halogenated alkanes) is 4. The summed E-state index contributed by atoms with van der Waals surface area (Å²) in [5, 5.41) is 0.980. The van der Waals surface area contributed by atoms with E-state index in [2.05, 4.69) is 18.8 Å². The third kappa shape index (κ3) is 5.23. The quantitative estimate of drug-likeness (QED) is 0.625. The molecule has 0 saturated carbocycles. The number of hydrogen-bond acceptors (Lipinski definition) is 3. The zero-order chi connectivity index (χ0) is 15.0. The Balaban J connectivity index is 2.69. The van der Waals surface area contributed by atoms with E-state index in [0.29, 0.717) is 0 Å². The minimum Gasteiger partial charge on any atom is -0.338 e. The van der Waals surface area contributed by atoms with Crippen molar-refractivity contribution in [2.24, 2.45) is 0 Å². The summed E-state index contributed by atoms with van der Waals surface area (Å²) in [5.41, 5.74) is 0.883. The zero-order valence-corrected chi connectivity index (χ0v) is 14.2. The molecule has 1 aromatic rings. The normalized spacial score (nSPS) is 10.8. The van der Waals surface area contributed by atoms with Crippen molar-refractivity contribution in [1.29, 1.82) is 0 Å². The second-order valence-corrected chi connectivity index (χ2v) is 6.56. The van der Waals surface area contributed by atoms with Crippen molar-refractivity contribution >= 4 is 17.2 Å². The molecule has 0 atom stereocenters. The Hall–Kier alpha value is -0.900. The van der Waals surface area contributed by atoms with Crippen molar-refractivity contribution in [3.05, 3.63) is 15.6 Å². The number of amides is 1. The molecular formula is C16H28N2OS. The first-order chi connectivity index (χ1) is 9.60. The first-order valence-electron chi connectivity index (χ1n) is 7.83. The Morgan fingerprint density at radius 1 is 1.05 bits per heavy atom. The van der Waals surface area contributed by atoms with Gasteiger partial charge in [0.25, 0.3) is 5.91 Å². The van der Waals surface area contributed by atoms with Crippen LogP contribution in [-0.2, 0) is 0 Å². The summed E-state index contributed by atoms with van der Waals surface area (Å²) in [6.07, 6.45) is 6.97. The molecule has 114 valence electrons. The van der Waals surface area contributed by atoms with Gasteiger partial charge in [-0.25, -0.2) is 4.98 Å². The Labute approximate surface area is 127 Å². The molecular weight excluding hydrogens is 268 g/mol. The zero-order valence-electron chi connectivity index (χ0n) is 13.4. The minimum absolute atomic E-state index is 0.181. The number of carbonyl (C=O) groups excluding carboxylic acids is 1. The molecule has 0 radical (unpaired) electrons. The predicted octanol–water partition coefficient (Wildman–Crippen LogP) is 4.58. The number of hydrogen-bond donors (Lipinski definition) is 0. The average molecular weight is 296 g/mol. The molecule has 0 aromatic carbocycles. The highest BCUT2D eigenvalue weighted by atomic mass is 32.1. The van der Waals surface area contributed by atoms with Crippen LogP contribution in [0.5, 0.6) is 0 Å². The van der Waals surface area contributed by atoms with Gasteiger partial charge in [0, 0.05) is 13.1 Å². The van der Waals surface area contributed by atoms with Crippen molar-refractivity contribution in [1.82, 2.24) is 9.88 Å². The van der Waals surface area contributed by atoms with E-state index in [0.717, 1.165) is 41.5 Å². The smallest absolute Gasteiger partial charge is 0.265 e. The van der Waals surface area contributed by atoms with E-state index >= 15 is 0 Å². The van der Waals surface area contributed by atoms with Crippen LogP contribution in [0.3, 0.4) is 0 Å². The van der Waals surface area contributed by atoms with Crippen molar-refractivity contribution in [3.8, 4) is 0 Å². The van der Waals surface area contributed by atoms with Crippen LogP contribution in [0, 0.1) is 13.8 Å². The van der Waals surface area contributed by atoms with Gasteiger partial charge < -0.3 is 4.90 Å². The SMILES string of the molecule is CCCCCN(CCCCC)C(=O)c1sc(C)nc1C. The Morgan fingerprint density at radius 2 is 1.60 bits per heavy atom. The Kier molecular flexibility index (Phi) is 7.82. The summed E-state index contributed by atoms with van der Waals surface area (Å²) in [7, 11) is 0. The van der Waals surface area contributed by atoms with E-state index in [1.165, 1.54) is 37.0 Å². The van der Waals surface area contributed by atoms with Gasteiger partial charge in [-0.05, 0) is 26.7 Å². The lowest BCUT2D eigenvalue weighted by atomic mass is 10.2. The summed E-state index contributed by atoms with van der Waals surface area (Å²) in [4.78, 5) is 19.9. The largest absolute Gasteiger partial charge is 0.338 e. The molecule has 0 spiro atoms. The Morgan fingerprint density at radius 3 is 2.00 bits per heavy atom. The number of rotatable bonds is 9. The molecule has 0 fully saturated rings. The van der Waals surface area contributed by atoms with Crippen LogP contribution in [-0.4, -0.2) is 28.9 Å². The van der Waals surface area contributed by atoms with Crippen molar-refractivity contribution in [2.45, 2.75) is 66.2 Å². The van der Waals surface area contributed by atoms with Gasteiger partial charge in [0.1, 0.15) is 4.88 Å². The third-order valence-electron chi connectivity index (χ3n) is 3.45. The van der Waals surface area contributed by atoms with Gasteiger partial charge in [-0.1, -0.05) is 39.5 Å². The van der Waals surface area contributed by atoms with Gasteiger partial charge in [-0.15, -0.1) is 11.3 Å². The lowest BCUT2D eigenvalue weighted by molar-refractivity contribution is 0.0753. The summed E-state index contributed by atoms with van der Waals surface area (Å²) in [6, 6.07) is 0. The molecule has 0 aliphatic heterocycles. The summed E-state index contributed by atoms with van der Waals surface area (Å²) in [6.45, 7) is 10.1. The average Bonchev–Trinajstić information content (AvgIpc) is 2.75. The van der Waals surface area contributed by atoms with Crippen LogP contribution < -0.4 is 0 Å². The highest BCUT2D eigenvalue weighted by Crippen LogP contribution is 2.20. The maximum atomic E-state index is 12.7. The molecule has 0 aliphatic rings. The predicted molar refractivity (Wildman–Crippen MR) is 86.5 cm³/mol. The number of aromatic nitrogens is 1. The van der Waals surface area contributed by atoms with Gasteiger partial charge >= 0.3 is 0 Å². The summed E-state index contributed by atoms with van der Waals surface area (Å²) >= 11 is 1.53. The van der Waals surface area contributed by atoms with Gasteiger partial charge in [0.15, 0.2) is 0 Å². The monoisotopic (exact) mass is 296 g/mol. The first kappa shape index (κ1) is 17.2. The molecule has 1 rings (SSSR count). The summed E-state index contributed by atoms with van der Waals surface area (Å²) < 4.78 is 0. The van der Waals surface area contributed by atoms with Crippen molar-refractivity contribution in [2.75, 3.05) is 13.1 Å². The van der Waals surface area contributed by atoms with Gasteiger partial charge in [0.05, 0.1) is 10.7 Å². The fourth-order valence-corrected chi connectivity index (χ4v) is 3.18. The molecule has 1 aromatic heterocycles. The molecule has 4 heteroatoms. The number of nitrogens with zero attached hydrogens (tertiary/aromatic N) is 2. The molecule has 0 unspecified atom stereocenters. The molecule has 1 amide bonds. The van der Waals surface area contributed by atoms with Crippen LogP contribution in [0.4, 0.5) is 0 Å². The fourth-order valence-electron chi connectivity index (χ4n) is 2.29. The third-order valence-corrected chi connectivity index (χ3v) is 4.51. The maximum Gasteiger partial charge on any atom is 0.265 e. The van der Waals surface area contributed by atoms with Crippen LogP contribution in [0.25, 0.3) is 0 Å². The molecule has 1 heterocycles. The lowest BCUT2D eigenvalue weighted by Gasteiger charge is -2.22. The Bertz CT molecular complexity index is 405. The molecule has 20 heavy (non-hydrogen) atoms. The van der Waals surface area contributed by atoms with Crippen molar-refractivity contribution in [3.63, 3.8) is 0 Å². The molecule has 3 nitrogen and oxygen atoms in total. The van der Waals surface area contributed by atoms with Crippen LogP contribution in [0.1, 0.15) is 72.7 Å². The van der Waals surface area contributed by atoms with E-state index < -0.39 is 0 Å². The fraction of sp³-hybridized carbons (Fsp3) is 0.750. The highest BCUT2D eigenvalue weighted by molar-refractivity contribution is 7.13. The molecule has 0 aliphatic carbocycles. The number of carbonyl (C=O) groups is 1. The first-order valence-corrected chi connectivity index (χ1v) is 8.65. The van der Waals surface area contributed by atoms with Crippen LogP contribution in [0.2, 0.25) is 0 Å². The van der Waals surface area contributed by atoms with Gasteiger partial charge in [-0.2, -0.15) is 0 Å². The van der Waals surface area contributed by atoms with E-state index in [9.17, 15) is 4.79 Å². The van der Waals surface area contributed by atoms with Gasteiger partial charge in [0.2, 0.25) is 0 Å². The van der Waals surface area contributed by atoms with Crippen LogP contribution >= 0.6 is 11.3 Å². The standard InChI is InChI=1S/C16H28N2OS/c1-5-7-9-11-18(12-10-8-6-2)16(19)15-13(3)17-14(4)20-15/h5-12H2,1-4H3. The second-order valence-electron chi connectivity index (χ2n) is 5.35. The second kappa shape index (κ2) is 9.11. The molecule has 0 saturated heterocycles. The highest BCUT2D eigenvalue weighted by Gasteiger charge is 2.20. The van der Waals surface area contributed by atoms with Crippen LogP contribution in [0.15, 0.2) is 0 Å². The topological polar surface area (TPSA) is 33.2 Å². The van der Waals surface area contributed by atoms with E-state index in [1.807, 2.05) is 18.7 Å². The minimum atomic E-state index is 0.181. The number of thiazole rings is 1. The molecule has 0 bridgehead atoms.